The molecule has 1 aliphatic heterocycles. The molecule has 134 valence electrons. The molecule has 1 aromatic carbocycles. The molecule has 26 heavy (non-hydrogen) atoms. The van der Waals surface area contributed by atoms with Crippen LogP contribution in [-0.2, 0) is 0 Å². The molecule has 3 aromatic rings. The standard InChI is InChI=1S/C21H23N3OS/c1-14-5-6-18-17(10-14)11-19(26-18)21(25)23-13-16-7-9-24(2)20(16)15-4-3-8-22-12-15/h3-6,8,10-12,16,20H,7,9,13H2,1-2H3,(H,23,25)/t16-,20-/m0/s1. The average molecular weight is 366 g/mol. The molecular formula is C21H23N3OS. The zero-order chi connectivity index (χ0) is 18.1. The highest BCUT2D eigenvalue weighted by atomic mass is 32.1. The summed E-state index contributed by atoms with van der Waals surface area (Å²) >= 11 is 1.56. The van der Waals surface area contributed by atoms with Gasteiger partial charge >= 0.3 is 0 Å². The monoisotopic (exact) mass is 365 g/mol. The van der Waals surface area contributed by atoms with E-state index >= 15 is 0 Å². The number of thiophene rings is 1. The van der Waals surface area contributed by atoms with Crippen molar-refractivity contribution in [2.75, 3.05) is 20.1 Å². The Morgan fingerprint density at radius 1 is 1.35 bits per heavy atom. The van der Waals surface area contributed by atoms with Crippen molar-refractivity contribution >= 4 is 27.3 Å². The van der Waals surface area contributed by atoms with E-state index in [9.17, 15) is 4.79 Å². The van der Waals surface area contributed by atoms with Crippen molar-refractivity contribution < 1.29 is 4.79 Å². The Bertz CT molecular complexity index is 921. The molecule has 1 N–H and O–H groups in total. The Kier molecular flexibility index (Phi) is 4.74. The number of carbonyl (C=O) groups is 1. The van der Waals surface area contributed by atoms with E-state index in [0.29, 0.717) is 18.5 Å². The maximum absolute atomic E-state index is 12.7. The van der Waals surface area contributed by atoms with Gasteiger partial charge < -0.3 is 5.32 Å². The lowest BCUT2D eigenvalue weighted by atomic mass is 9.95. The largest absolute Gasteiger partial charge is 0.351 e. The number of nitrogens with zero attached hydrogens (tertiary/aromatic N) is 2. The van der Waals surface area contributed by atoms with Crippen LogP contribution in [0.4, 0.5) is 0 Å². The molecule has 0 saturated carbocycles. The van der Waals surface area contributed by atoms with Crippen LogP contribution in [-0.4, -0.2) is 35.9 Å². The van der Waals surface area contributed by atoms with Crippen molar-refractivity contribution in [2.24, 2.45) is 5.92 Å². The van der Waals surface area contributed by atoms with E-state index in [1.54, 1.807) is 17.5 Å². The fourth-order valence-electron chi connectivity index (χ4n) is 3.90. The lowest BCUT2D eigenvalue weighted by Crippen LogP contribution is -2.32. The van der Waals surface area contributed by atoms with Gasteiger partial charge in [-0.3, -0.25) is 14.7 Å². The molecule has 1 amide bonds. The van der Waals surface area contributed by atoms with Crippen LogP contribution in [0.2, 0.25) is 0 Å². The summed E-state index contributed by atoms with van der Waals surface area (Å²) in [5.41, 5.74) is 2.44. The molecule has 2 atom stereocenters. The first kappa shape index (κ1) is 17.2. The van der Waals surface area contributed by atoms with E-state index in [-0.39, 0.29) is 5.91 Å². The first-order chi connectivity index (χ1) is 12.6. The van der Waals surface area contributed by atoms with Gasteiger partial charge in [-0.05, 0) is 62.0 Å². The number of rotatable bonds is 4. The molecule has 1 saturated heterocycles. The van der Waals surface area contributed by atoms with Crippen LogP contribution in [0.25, 0.3) is 10.1 Å². The van der Waals surface area contributed by atoms with Gasteiger partial charge in [-0.15, -0.1) is 11.3 Å². The Morgan fingerprint density at radius 3 is 3.04 bits per heavy atom. The summed E-state index contributed by atoms with van der Waals surface area (Å²) in [6.45, 7) is 3.81. The number of aromatic nitrogens is 1. The van der Waals surface area contributed by atoms with Crippen LogP contribution in [0.1, 0.15) is 33.3 Å². The van der Waals surface area contributed by atoms with Gasteiger partial charge in [-0.2, -0.15) is 0 Å². The van der Waals surface area contributed by atoms with Crippen molar-refractivity contribution in [1.29, 1.82) is 0 Å². The van der Waals surface area contributed by atoms with Gasteiger partial charge in [0.05, 0.1) is 4.88 Å². The van der Waals surface area contributed by atoms with E-state index in [1.807, 2.05) is 18.3 Å². The van der Waals surface area contributed by atoms with Gasteiger partial charge in [0, 0.05) is 29.7 Å². The molecule has 0 bridgehead atoms. The van der Waals surface area contributed by atoms with Crippen molar-refractivity contribution in [3.05, 3.63) is 64.8 Å². The molecule has 0 spiro atoms. The summed E-state index contributed by atoms with van der Waals surface area (Å²) in [4.78, 5) is 20.1. The first-order valence-electron chi connectivity index (χ1n) is 9.00. The number of amides is 1. The first-order valence-corrected chi connectivity index (χ1v) is 9.82. The quantitative estimate of drug-likeness (QED) is 0.759. The minimum absolute atomic E-state index is 0.0309. The number of benzene rings is 1. The predicted molar refractivity (Wildman–Crippen MR) is 107 cm³/mol. The molecule has 4 nitrogen and oxygen atoms in total. The van der Waals surface area contributed by atoms with E-state index in [2.05, 4.69) is 53.4 Å². The highest BCUT2D eigenvalue weighted by Gasteiger charge is 2.33. The summed E-state index contributed by atoms with van der Waals surface area (Å²) in [7, 11) is 2.15. The zero-order valence-corrected chi connectivity index (χ0v) is 15.9. The fraction of sp³-hybridized carbons (Fsp3) is 0.333. The van der Waals surface area contributed by atoms with Gasteiger partial charge in [0.2, 0.25) is 0 Å². The van der Waals surface area contributed by atoms with E-state index < -0.39 is 0 Å². The summed E-state index contributed by atoms with van der Waals surface area (Å²) < 4.78 is 1.16. The van der Waals surface area contributed by atoms with E-state index in [1.165, 1.54) is 11.1 Å². The van der Waals surface area contributed by atoms with Crippen molar-refractivity contribution in [3.8, 4) is 0 Å². The Hall–Kier alpha value is -2.24. The molecule has 0 radical (unpaired) electrons. The molecule has 4 rings (SSSR count). The van der Waals surface area contributed by atoms with Gasteiger partial charge in [0.15, 0.2) is 0 Å². The minimum atomic E-state index is 0.0309. The smallest absolute Gasteiger partial charge is 0.261 e. The summed E-state index contributed by atoms with van der Waals surface area (Å²) in [5, 5.41) is 4.31. The number of fused-ring (bicyclic) bond motifs is 1. The summed E-state index contributed by atoms with van der Waals surface area (Å²) in [6, 6.07) is 12.7. The Labute approximate surface area is 157 Å². The maximum atomic E-state index is 12.7. The van der Waals surface area contributed by atoms with E-state index in [4.69, 9.17) is 0 Å². The predicted octanol–water partition coefficient (Wildman–Crippen LogP) is 4.03. The molecule has 0 aliphatic carbocycles. The second kappa shape index (κ2) is 7.17. The van der Waals surface area contributed by atoms with Gasteiger partial charge in [-0.25, -0.2) is 0 Å². The van der Waals surface area contributed by atoms with Crippen LogP contribution in [0.3, 0.4) is 0 Å². The van der Waals surface area contributed by atoms with Gasteiger partial charge in [0.25, 0.3) is 5.91 Å². The fourth-order valence-corrected chi connectivity index (χ4v) is 4.86. The Morgan fingerprint density at radius 2 is 2.23 bits per heavy atom. The second-order valence-electron chi connectivity index (χ2n) is 7.12. The van der Waals surface area contributed by atoms with E-state index in [0.717, 1.165) is 27.9 Å². The third-order valence-electron chi connectivity index (χ3n) is 5.22. The topological polar surface area (TPSA) is 45.2 Å². The highest BCUT2D eigenvalue weighted by Crippen LogP contribution is 2.35. The lowest BCUT2D eigenvalue weighted by Gasteiger charge is -2.25. The number of aryl methyl sites for hydroxylation is 1. The number of carbonyl (C=O) groups excluding carboxylic acids is 1. The second-order valence-corrected chi connectivity index (χ2v) is 8.21. The summed E-state index contributed by atoms with van der Waals surface area (Å²) in [5.74, 6) is 0.438. The molecule has 5 heteroatoms. The SMILES string of the molecule is Cc1ccc2sc(C(=O)NC[C@@H]3CCN(C)[C@H]3c3cccnc3)cc2c1. The molecule has 2 aromatic heterocycles. The van der Waals surface area contributed by atoms with Crippen LogP contribution < -0.4 is 5.32 Å². The molecule has 1 aliphatic rings. The van der Waals surface area contributed by atoms with Gasteiger partial charge in [-0.1, -0.05) is 23.8 Å². The molecule has 1 fully saturated rings. The highest BCUT2D eigenvalue weighted by molar-refractivity contribution is 7.20. The van der Waals surface area contributed by atoms with Crippen molar-refractivity contribution in [2.45, 2.75) is 19.4 Å². The zero-order valence-electron chi connectivity index (χ0n) is 15.1. The third-order valence-corrected chi connectivity index (χ3v) is 6.34. The number of hydrogen-bond acceptors (Lipinski definition) is 4. The minimum Gasteiger partial charge on any atom is -0.351 e. The average Bonchev–Trinajstić information content (AvgIpc) is 3.23. The van der Waals surface area contributed by atoms with Crippen LogP contribution in [0.15, 0.2) is 48.8 Å². The number of likely N-dealkylation sites (tertiary alicyclic amines) is 1. The number of pyridine rings is 1. The van der Waals surface area contributed by atoms with Crippen molar-refractivity contribution in [3.63, 3.8) is 0 Å². The van der Waals surface area contributed by atoms with Crippen LogP contribution >= 0.6 is 11.3 Å². The molecule has 3 heterocycles. The molecule has 0 unspecified atom stereocenters. The number of hydrogen-bond donors (Lipinski definition) is 1. The molecular weight excluding hydrogens is 342 g/mol. The van der Waals surface area contributed by atoms with Crippen LogP contribution in [0.5, 0.6) is 0 Å². The lowest BCUT2D eigenvalue weighted by molar-refractivity contribution is 0.0947. The number of nitrogens with one attached hydrogen (secondary N) is 1. The van der Waals surface area contributed by atoms with Crippen LogP contribution in [0, 0.1) is 12.8 Å². The summed E-state index contributed by atoms with van der Waals surface area (Å²) in [6.07, 6.45) is 4.83. The van der Waals surface area contributed by atoms with Gasteiger partial charge in [0.1, 0.15) is 0 Å². The maximum Gasteiger partial charge on any atom is 0.261 e. The Balaban J connectivity index is 1.46. The van der Waals surface area contributed by atoms with Crippen molar-refractivity contribution in [1.82, 2.24) is 15.2 Å². The normalized spacial score (nSPS) is 20.5. The third kappa shape index (κ3) is 3.37.